The van der Waals surface area contributed by atoms with Crippen molar-refractivity contribution < 1.29 is 4.79 Å². The average molecular weight is 277 g/mol. The largest absolute Gasteiger partial charge is 0.388 e. The number of anilines is 1. The van der Waals surface area contributed by atoms with Crippen molar-refractivity contribution in [1.82, 2.24) is 20.1 Å². The molecule has 0 aliphatic carbocycles. The van der Waals surface area contributed by atoms with Gasteiger partial charge in [0.05, 0.1) is 0 Å². The first kappa shape index (κ1) is 14.7. The van der Waals surface area contributed by atoms with Crippen molar-refractivity contribution in [3.05, 3.63) is 24.0 Å². The summed E-state index contributed by atoms with van der Waals surface area (Å²) in [5.41, 5.74) is 1.34. The molecule has 1 aromatic heterocycles. The zero-order chi connectivity index (χ0) is 14.5. The van der Waals surface area contributed by atoms with E-state index < -0.39 is 0 Å². The molecule has 20 heavy (non-hydrogen) atoms. The Bertz CT molecular complexity index is 465. The number of rotatable bonds is 4. The number of carbonyl (C=O) groups excluding carboxylic acids is 1. The number of nitrogens with one attached hydrogen (secondary N) is 2. The van der Waals surface area contributed by atoms with Gasteiger partial charge in [-0.3, -0.25) is 14.7 Å². The second kappa shape index (κ2) is 6.67. The van der Waals surface area contributed by atoms with E-state index in [0.29, 0.717) is 18.3 Å². The highest BCUT2D eigenvalue weighted by Gasteiger charge is 2.22. The smallest absolute Gasteiger partial charge is 0.270 e. The number of aromatic nitrogens is 1. The van der Waals surface area contributed by atoms with Crippen LogP contribution in [-0.2, 0) is 0 Å². The molecule has 1 amide bonds. The van der Waals surface area contributed by atoms with Crippen molar-refractivity contribution in [1.29, 1.82) is 0 Å². The maximum absolute atomic E-state index is 12.1. The number of likely N-dealkylation sites (N-methyl/N-ethyl adjacent to an activating group) is 2. The first-order chi connectivity index (χ1) is 9.60. The Labute approximate surface area is 120 Å². The van der Waals surface area contributed by atoms with Crippen LogP contribution in [0, 0.1) is 0 Å². The van der Waals surface area contributed by atoms with Gasteiger partial charge in [-0.25, -0.2) is 0 Å². The van der Waals surface area contributed by atoms with Crippen LogP contribution in [0.5, 0.6) is 0 Å². The van der Waals surface area contributed by atoms with Crippen molar-refractivity contribution in [2.45, 2.75) is 6.04 Å². The van der Waals surface area contributed by atoms with Crippen LogP contribution < -0.4 is 10.6 Å². The monoisotopic (exact) mass is 277 g/mol. The summed E-state index contributed by atoms with van der Waals surface area (Å²) in [7, 11) is 6.04. The predicted octanol–water partition coefficient (Wildman–Crippen LogP) is 0.0989. The van der Waals surface area contributed by atoms with E-state index in [1.165, 1.54) is 0 Å². The molecule has 1 aliphatic rings. The number of amides is 1. The van der Waals surface area contributed by atoms with Crippen molar-refractivity contribution in [3.8, 4) is 0 Å². The third kappa shape index (κ3) is 3.68. The van der Waals surface area contributed by atoms with Gasteiger partial charge in [0.2, 0.25) is 0 Å². The molecule has 1 aliphatic heterocycles. The van der Waals surface area contributed by atoms with Crippen LogP contribution in [0.2, 0.25) is 0 Å². The minimum absolute atomic E-state index is 0.122. The molecular weight excluding hydrogens is 254 g/mol. The van der Waals surface area contributed by atoms with Gasteiger partial charge in [-0.15, -0.1) is 0 Å². The van der Waals surface area contributed by atoms with E-state index in [9.17, 15) is 4.79 Å². The van der Waals surface area contributed by atoms with Crippen molar-refractivity contribution in [2.24, 2.45) is 0 Å². The first-order valence-electron chi connectivity index (χ1n) is 6.91. The normalized spacial score (nSPS) is 20.6. The topological polar surface area (TPSA) is 60.5 Å². The van der Waals surface area contributed by atoms with Crippen LogP contribution in [0.4, 0.5) is 5.69 Å². The second-order valence-electron chi connectivity index (χ2n) is 5.29. The Balaban J connectivity index is 1.91. The fourth-order valence-corrected chi connectivity index (χ4v) is 2.33. The summed E-state index contributed by atoms with van der Waals surface area (Å²) < 4.78 is 0. The minimum atomic E-state index is -0.122. The van der Waals surface area contributed by atoms with E-state index in [1.807, 2.05) is 13.1 Å². The van der Waals surface area contributed by atoms with E-state index in [4.69, 9.17) is 0 Å². The molecule has 1 saturated heterocycles. The number of hydrogen-bond acceptors (Lipinski definition) is 5. The maximum atomic E-state index is 12.1. The van der Waals surface area contributed by atoms with Gasteiger partial charge < -0.3 is 15.5 Å². The van der Waals surface area contributed by atoms with E-state index in [1.54, 1.807) is 12.3 Å². The van der Waals surface area contributed by atoms with Crippen LogP contribution >= 0.6 is 0 Å². The molecule has 2 heterocycles. The number of pyridine rings is 1. The van der Waals surface area contributed by atoms with Gasteiger partial charge in [-0.05, 0) is 26.2 Å². The van der Waals surface area contributed by atoms with Gasteiger partial charge in [-0.1, -0.05) is 0 Å². The molecule has 2 rings (SSSR count). The number of piperazine rings is 1. The lowest BCUT2D eigenvalue weighted by molar-refractivity contribution is 0.0877. The quantitative estimate of drug-likeness (QED) is 0.817. The summed E-state index contributed by atoms with van der Waals surface area (Å²) in [6.07, 6.45) is 1.64. The van der Waals surface area contributed by atoms with Crippen LogP contribution in [0.1, 0.15) is 10.5 Å². The molecule has 0 bridgehead atoms. The fourth-order valence-electron chi connectivity index (χ4n) is 2.33. The molecule has 0 aromatic carbocycles. The molecule has 1 atom stereocenters. The molecule has 110 valence electrons. The van der Waals surface area contributed by atoms with Crippen molar-refractivity contribution >= 4 is 11.6 Å². The SMILES string of the molecule is CNc1ccnc(C(=O)NCC2CN(C)CCN2C)c1. The van der Waals surface area contributed by atoms with E-state index in [-0.39, 0.29) is 5.91 Å². The molecule has 0 spiro atoms. The van der Waals surface area contributed by atoms with Crippen LogP contribution in [0.25, 0.3) is 0 Å². The summed E-state index contributed by atoms with van der Waals surface area (Å²) >= 11 is 0. The molecular formula is C14H23N5O. The zero-order valence-corrected chi connectivity index (χ0v) is 12.4. The van der Waals surface area contributed by atoms with Gasteiger partial charge in [-0.2, -0.15) is 0 Å². The van der Waals surface area contributed by atoms with Crippen LogP contribution in [0.15, 0.2) is 18.3 Å². The Hall–Kier alpha value is -1.66. The highest BCUT2D eigenvalue weighted by atomic mass is 16.1. The molecule has 1 unspecified atom stereocenters. The lowest BCUT2D eigenvalue weighted by Crippen LogP contribution is -2.54. The highest BCUT2D eigenvalue weighted by Crippen LogP contribution is 2.08. The lowest BCUT2D eigenvalue weighted by Gasteiger charge is -2.37. The molecule has 1 fully saturated rings. The highest BCUT2D eigenvalue weighted by molar-refractivity contribution is 5.93. The summed E-state index contributed by atoms with van der Waals surface area (Å²) in [5.74, 6) is -0.122. The summed E-state index contributed by atoms with van der Waals surface area (Å²) in [5, 5.41) is 5.98. The lowest BCUT2D eigenvalue weighted by atomic mass is 10.2. The number of nitrogens with zero attached hydrogens (tertiary/aromatic N) is 3. The van der Waals surface area contributed by atoms with Crippen molar-refractivity contribution in [3.63, 3.8) is 0 Å². The third-order valence-corrected chi connectivity index (χ3v) is 3.76. The minimum Gasteiger partial charge on any atom is -0.388 e. The molecule has 0 saturated carbocycles. The zero-order valence-electron chi connectivity index (χ0n) is 12.4. The van der Waals surface area contributed by atoms with Gasteiger partial charge in [0.25, 0.3) is 5.91 Å². The standard InChI is InChI=1S/C14H23N5O/c1-15-11-4-5-16-13(8-11)14(20)17-9-12-10-18(2)6-7-19(12)3/h4-5,8,12H,6-7,9-10H2,1-3H3,(H,15,16)(H,17,20). The molecule has 2 N–H and O–H groups in total. The van der Waals surface area contributed by atoms with Gasteiger partial charge in [0.15, 0.2) is 0 Å². The Morgan fingerprint density at radius 2 is 2.25 bits per heavy atom. The molecule has 6 heteroatoms. The third-order valence-electron chi connectivity index (χ3n) is 3.76. The van der Waals surface area contributed by atoms with E-state index in [0.717, 1.165) is 25.3 Å². The first-order valence-corrected chi connectivity index (χ1v) is 6.91. The summed E-state index contributed by atoms with van der Waals surface area (Å²) in [4.78, 5) is 20.8. The Morgan fingerprint density at radius 1 is 1.45 bits per heavy atom. The van der Waals surface area contributed by atoms with Crippen molar-refractivity contribution in [2.75, 3.05) is 52.6 Å². The average Bonchev–Trinajstić information content (AvgIpc) is 2.48. The van der Waals surface area contributed by atoms with Gasteiger partial charge in [0.1, 0.15) is 5.69 Å². The Morgan fingerprint density at radius 3 is 3.00 bits per heavy atom. The van der Waals surface area contributed by atoms with E-state index >= 15 is 0 Å². The summed E-state index contributed by atoms with van der Waals surface area (Å²) in [6, 6.07) is 3.94. The summed E-state index contributed by atoms with van der Waals surface area (Å²) in [6.45, 7) is 3.73. The second-order valence-corrected chi connectivity index (χ2v) is 5.29. The van der Waals surface area contributed by atoms with E-state index in [2.05, 4.69) is 39.5 Å². The number of hydrogen-bond donors (Lipinski definition) is 2. The molecule has 1 aromatic rings. The van der Waals surface area contributed by atoms with Crippen LogP contribution in [0.3, 0.4) is 0 Å². The predicted molar refractivity (Wildman–Crippen MR) is 80.0 cm³/mol. The van der Waals surface area contributed by atoms with Crippen LogP contribution in [-0.4, -0.2) is 74.1 Å². The number of carbonyl (C=O) groups is 1. The molecule has 6 nitrogen and oxygen atoms in total. The van der Waals surface area contributed by atoms with Gasteiger partial charge >= 0.3 is 0 Å². The molecule has 0 radical (unpaired) electrons. The Kier molecular flexibility index (Phi) is 4.92. The maximum Gasteiger partial charge on any atom is 0.270 e. The van der Waals surface area contributed by atoms with Gasteiger partial charge in [0, 0.05) is 51.2 Å². The fraction of sp³-hybridized carbons (Fsp3) is 0.571.